The standard InChI is InChI=1S/C14H27I2N/c1-9(2)12-6-7-17-14(12)13(15)11(4)10(3)8-16-5/h9-11,13,15,17H,6-8H2,1-5H3/p+1. The van der Waals surface area contributed by atoms with Gasteiger partial charge in [0.15, 0.2) is 0 Å². The predicted molar refractivity (Wildman–Crippen MR) is 67.6 cm³/mol. The first-order valence-electron chi connectivity index (χ1n) is 6.64. The van der Waals surface area contributed by atoms with Crippen molar-refractivity contribution in [3.63, 3.8) is 0 Å². The van der Waals surface area contributed by atoms with Gasteiger partial charge in [-0.05, 0) is 0 Å². The number of nitrogens with two attached hydrogens (primary N) is 1. The summed E-state index contributed by atoms with van der Waals surface area (Å²) in [6.45, 7) is 10.9. The molecule has 0 spiro atoms. The second-order valence-electron chi connectivity index (χ2n) is 5.56. The summed E-state index contributed by atoms with van der Waals surface area (Å²) >= 11 is 2.82. The van der Waals surface area contributed by atoms with Gasteiger partial charge in [0.1, 0.15) is 0 Å². The van der Waals surface area contributed by atoms with Crippen molar-refractivity contribution in [1.82, 2.24) is 0 Å². The van der Waals surface area contributed by atoms with E-state index in [1.54, 1.807) is 11.3 Å². The predicted octanol–water partition coefficient (Wildman–Crippen LogP) is -4.49. The van der Waals surface area contributed by atoms with Gasteiger partial charge in [-0.25, -0.2) is 0 Å². The summed E-state index contributed by atoms with van der Waals surface area (Å²) < 4.78 is 2.26. The van der Waals surface area contributed by atoms with Crippen LogP contribution in [-0.2, 0) is 0 Å². The number of quaternary nitrogens is 1. The van der Waals surface area contributed by atoms with Gasteiger partial charge < -0.3 is 0 Å². The van der Waals surface area contributed by atoms with Crippen molar-refractivity contribution in [2.24, 2.45) is 17.8 Å². The van der Waals surface area contributed by atoms with E-state index in [1.807, 2.05) is 0 Å². The molecule has 102 valence electrons. The molecule has 1 nitrogen and oxygen atoms in total. The molecule has 3 heteroatoms. The number of rotatable bonds is 6. The monoisotopic (exact) mass is 464 g/mol. The summed E-state index contributed by atoms with van der Waals surface area (Å²) in [6, 6.07) is 0. The molecule has 0 aromatic rings. The van der Waals surface area contributed by atoms with E-state index in [4.69, 9.17) is 0 Å². The van der Waals surface area contributed by atoms with E-state index in [0.29, 0.717) is 21.2 Å². The molecule has 0 aromatic heterocycles. The minimum absolute atomic E-state index is 0.446. The molecule has 0 saturated heterocycles. The number of hydrogen-bond donors (Lipinski definition) is 1. The van der Waals surface area contributed by atoms with Crippen LogP contribution < -0.4 is 49.1 Å². The average molecular weight is 464 g/mol. The molecule has 0 amide bonds. The maximum atomic E-state index is 2.52. The fourth-order valence-corrected chi connectivity index (χ4v) is 6.21. The molecule has 0 aromatic carbocycles. The van der Waals surface area contributed by atoms with Gasteiger partial charge in [0.05, 0.1) is 0 Å². The quantitative estimate of drug-likeness (QED) is 0.302. The molecule has 0 bridgehead atoms. The molecule has 3 atom stereocenters. The van der Waals surface area contributed by atoms with E-state index >= 15 is 0 Å². The van der Waals surface area contributed by atoms with Crippen LogP contribution in [0.1, 0.15) is 34.1 Å². The van der Waals surface area contributed by atoms with Crippen LogP contribution in [-0.4, -0.2) is 19.8 Å². The van der Waals surface area contributed by atoms with Crippen molar-refractivity contribution in [1.29, 1.82) is 0 Å². The summed E-state index contributed by atoms with van der Waals surface area (Å²) in [7, 11) is 0. The zero-order valence-corrected chi connectivity index (χ0v) is 16.3. The molecular formula is C14H28I2N+. The zero-order chi connectivity index (χ0) is 13.0. The number of allylic oxidation sites excluding steroid dienone is 1. The summed E-state index contributed by atoms with van der Waals surface area (Å²) in [5, 5.41) is 2.52. The Morgan fingerprint density at radius 1 is 1.29 bits per heavy atom. The van der Waals surface area contributed by atoms with Crippen LogP contribution in [0.15, 0.2) is 11.3 Å². The van der Waals surface area contributed by atoms with Crippen LogP contribution in [0.25, 0.3) is 0 Å². The van der Waals surface area contributed by atoms with Crippen molar-refractivity contribution in [2.45, 2.75) is 38.0 Å². The van der Waals surface area contributed by atoms with Crippen molar-refractivity contribution < 1.29 is 49.1 Å². The summed E-state index contributed by atoms with van der Waals surface area (Å²) in [6.07, 6.45) is 1.32. The minimum atomic E-state index is 0.446. The van der Waals surface area contributed by atoms with E-state index in [1.165, 1.54) is 17.4 Å². The number of hydrogen-bond acceptors (Lipinski definition) is 0. The van der Waals surface area contributed by atoms with Crippen LogP contribution in [0, 0.1) is 17.8 Å². The molecule has 2 N–H and O–H groups in total. The fraction of sp³-hybridized carbons (Fsp3) is 0.857. The second-order valence-corrected chi connectivity index (χ2v) is 9.41. The van der Waals surface area contributed by atoms with E-state index < -0.39 is 0 Å². The summed E-state index contributed by atoms with van der Waals surface area (Å²) in [5.74, 6) is 2.49. The normalized spacial score (nSPS) is 22.3. The fourth-order valence-electron chi connectivity index (χ4n) is 2.55. The number of halogens is 2. The van der Waals surface area contributed by atoms with Gasteiger partial charge in [0.2, 0.25) is 0 Å². The molecule has 1 heterocycles. The van der Waals surface area contributed by atoms with Gasteiger partial charge in [0.25, 0.3) is 0 Å². The van der Waals surface area contributed by atoms with Gasteiger partial charge in [-0.1, -0.05) is 0 Å². The van der Waals surface area contributed by atoms with Crippen molar-refractivity contribution >= 4 is 0 Å². The molecule has 0 aliphatic carbocycles. The van der Waals surface area contributed by atoms with Crippen molar-refractivity contribution in [2.75, 3.05) is 15.9 Å². The van der Waals surface area contributed by atoms with Crippen LogP contribution in [0.5, 0.6) is 0 Å². The second kappa shape index (κ2) is 7.68. The van der Waals surface area contributed by atoms with Gasteiger partial charge in [-0.15, -0.1) is 0 Å². The molecule has 3 unspecified atom stereocenters. The Morgan fingerprint density at radius 2 is 1.94 bits per heavy atom. The number of alkyl halides is 3. The Bertz CT molecular complexity index is 273. The molecular weight excluding hydrogens is 436 g/mol. The molecule has 0 fully saturated rings. The first-order valence-corrected chi connectivity index (χ1v) is 11.7. The van der Waals surface area contributed by atoms with E-state index in [9.17, 15) is 0 Å². The zero-order valence-electron chi connectivity index (χ0n) is 11.8. The summed E-state index contributed by atoms with van der Waals surface area (Å²) in [4.78, 5) is 2.41. The topological polar surface area (TPSA) is 16.6 Å². The van der Waals surface area contributed by atoms with Crippen LogP contribution in [0.2, 0.25) is 0 Å². The third-order valence-corrected chi connectivity index (χ3v) is 8.15. The van der Waals surface area contributed by atoms with E-state index in [2.05, 4.69) is 60.5 Å². The van der Waals surface area contributed by atoms with Crippen LogP contribution in [0.3, 0.4) is 0 Å². The molecule has 17 heavy (non-hydrogen) atoms. The molecule has 1 aliphatic rings. The third kappa shape index (κ3) is 4.34. The SMILES string of the molecule is C[I-]CC(C)C(C)C([IH+])C1=C(C(C)C)CC[NH2+]1. The maximum absolute atomic E-state index is 2.52. The van der Waals surface area contributed by atoms with Crippen molar-refractivity contribution in [3.05, 3.63) is 11.3 Å². The Morgan fingerprint density at radius 3 is 2.47 bits per heavy atom. The van der Waals surface area contributed by atoms with Gasteiger partial charge in [0, 0.05) is 0 Å². The van der Waals surface area contributed by atoms with Gasteiger partial charge in [-0.2, -0.15) is 0 Å². The molecule has 0 saturated carbocycles. The Kier molecular flexibility index (Phi) is 7.32. The molecule has 0 radical (unpaired) electrons. The first-order chi connectivity index (χ1) is 7.99. The van der Waals surface area contributed by atoms with Crippen LogP contribution >= 0.6 is 0 Å². The van der Waals surface area contributed by atoms with E-state index in [-0.39, 0.29) is 0 Å². The Labute approximate surface area is 131 Å². The summed E-state index contributed by atoms with van der Waals surface area (Å²) in [5.41, 5.74) is 3.45. The average Bonchev–Trinajstić information content (AvgIpc) is 2.76. The molecule has 1 rings (SSSR count). The molecule has 1 aliphatic heterocycles. The van der Waals surface area contributed by atoms with Crippen LogP contribution in [0.4, 0.5) is 0 Å². The Hall–Kier alpha value is 1.16. The van der Waals surface area contributed by atoms with Gasteiger partial charge in [-0.3, -0.25) is 0 Å². The van der Waals surface area contributed by atoms with Gasteiger partial charge >= 0.3 is 132 Å². The first kappa shape index (κ1) is 16.2. The van der Waals surface area contributed by atoms with Crippen molar-refractivity contribution in [3.8, 4) is 0 Å². The Balaban J connectivity index is 2.74. The van der Waals surface area contributed by atoms with E-state index in [0.717, 1.165) is 21.7 Å². The third-order valence-electron chi connectivity index (χ3n) is 3.92.